The summed E-state index contributed by atoms with van der Waals surface area (Å²) >= 11 is 5.86. The van der Waals surface area contributed by atoms with Crippen molar-refractivity contribution >= 4 is 41.2 Å². The molecular formula is C24H16ClFN2O3. The largest absolute Gasteiger partial charge is 0.335 e. The highest BCUT2D eigenvalue weighted by molar-refractivity contribution is 6.39. The molecule has 0 aliphatic carbocycles. The predicted octanol–water partition coefficient (Wildman–Crippen LogP) is 4.74. The Balaban J connectivity index is 1.58. The molecule has 3 aromatic carbocycles. The average molecular weight is 435 g/mol. The molecule has 5 nitrogen and oxygen atoms in total. The molecule has 1 aliphatic rings. The van der Waals surface area contributed by atoms with Crippen molar-refractivity contribution in [2.45, 2.75) is 6.42 Å². The van der Waals surface area contributed by atoms with Gasteiger partial charge in [-0.3, -0.25) is 14.9 Å². The highest BCUT2D eigenvalue weighted by atomic mass is 35.5. The Kier molecular flexibility index (Phi) is 5.64. The van der Waals surface area contributed by atoms with Gasteiger partial charge in [-0.2, -0.15) is 0 Å². The van der Waals surface area contributed by atoms with E-state index in [-0.39, 0.29) is 11.4 Å². The second kappa shape index (κ2) is 8.53. The Morgan fingerprint density at radius 2 is 1.58 bits per heavy atom. The smallest absolute Gasteiger partial charge is 0.273 e. The van der Waals surface area contributed by atoms with Crippen LogP contribution < -0.4 is 10.2 Å². The lowest BCUT2D eigenvalue weighted by Crippen LogP contribution is -2.54. The fourth-order valence-corrected chi connectivity index (χ4v) is 3.37. The molecule has 4 amide bonds. The first-order chi connectivity index (χ1) is 14.9. The molecule has 1 heterocycles. The molecular weight excluding hydrogens is 419 g/mol. The van der Waals surface area contributed by atoms with E-state index in [0.29, 0.717) is 28.3 Å². The molecule has 3 aromatic rings. The van der Waals surface area contributed by atoms with Crippen LogP contribution in [0.5, 0.6) is 0 Å². The molecule has 1 saturated heterocycles. The summed E-state index contributed by atoms with van der Waals surface area (Å²) in [5.74, 6) is -1.77. The number of benzene rings is 3. The van der Waals surface area contributed by atoms with Crippen LogP contribution in [0.2, 0.25) is 5.02 Å². The van der Waals surface area contributed by atoms with Crippen LogP contribution >= 0.6 is 11.6 Å². The molecule has 0 bridgehead atoms. The zero-order chi connectivity index (χ0) is 22.0. The number of barbiturate groups is 1. The number of hydrogen-bond acceptors (Lipinski definition) is 3. The minimum absolute atomic E-state index is 0.170. The Labute approximate surface area is 182 Å². The number of imide groups is 2. The number of nitrogens with one attached hydrogen (secondary N) is 1. The fraction of sp³-hybridized carbons (Fsp3) is 0.0417. The zero-order valence-corrected chi connectivity index (χ0v) is 16.9. The van der Waals surface area contributed by atoms with Crippen LogP contribution in [0, 0.1) is 5.82 Å². The topological polar surface area (TPSA) is 66.5 Å². The third-order valence-corrected chi connectivity index (χ3v) is 5.08. The molecule has 0 saturated carbocycles. The molecule has 0 aromatic heterocycles. The van der Waals surface area contributed by atoms with Crippen molar-refractivity contribution in [2.24, 2.45) is 0 Å². The van der Waals surface area contributed by atoms with Crippen LogP contribution in [0.25, 0.3) is 6.08 Å². The monoisotopic (exact) mass is 434 g/mol. The number of amides is 4. The first-order valence-corrected chi connectivity index (χ1v) is 9.79. The molecule has 1 fully saturated rings. The standard InChI is InChI=1S/C24H16ClFN2O3/c25-18-9-11-19(12-10-18)28-23(30)20(22(29)27-24(28)31)14-16-7-5-15(6-8-16)13-17-3-1-2-4-21(17)26/h1-12,14H,13H2,(H,27,29,31)/b20-14+. The van der Waals surface area contributed by atoms with Crippen molar-refractivity contribution in [3.05, 3.63) is 106 Å². The number of carbonyl (C=O) groups excluding carboxylic acids is 3. The molecule has 0 atom stereocenters. The number of rotatable bonds is 4. The summed E-state index contributed by atoms with van der Waals surface area (Å²) in [5, 5.41) is 2.63. The Morgan fingerprint density at radius 1 is 0.903 bits per heavy atom. The number of hydrogen-bond donors (Lipinski definition) is 1. The normalized spacial score (nSPS) is 15.4. The third kappa shape index (κ3) is 4.39. The minimum Gasteiger partial charge on any atom is -0.273 e. The van der Waals surface area contributed by atoms with Crippen LogP contribution in [0.15, 0.2) is 78.4 Å². The van der Waals surface area contributed by atoms with Crippen LogP contribution in [0.1, 0.15) is 16.7 Å². The maximum atomic E-state index is 13.8. The van der Waals surface area contributed by atoms with E-state index in [0.717, 1.165) is 10.5 Å². The Morgan fingerprint density at radius 3 is 2.26 bits per heavy atom. The van der Waals surface area contributed by atoms with Gasteiger partial charge in [-0.25, -0.2) is 14.1 Å². The van der Waals surface area contributed by atoms with E-state index in [4.69, 9.17) is 11.6 Å². The van der Waals surface area contributed by atoms with E-state index in [1.807, 2.05) is 0 Å². The molecule has 0 radical (unpaired) electrons. The lowest BCUT2D eigenvalue weighted by molar-refractivity contribution is -0.122. The Hall–Kier alpha value is -3.77. The van der Waals surface area contributed by atoms with Gasteiger partial charge in [-0.15, -0.1) is 0 Å². The van der Waals surface area contributed by atoms with Gasteiger partial charge in [-0.1, -0.05) is 54.1 Å². The Bertz CT molecular complexity index is 1200. The van der Waals surface area contributed by atoms with E-state index in [1.54, 1.807) is 54.6 Å². The summed E-state index contributed by atoms with van der Waals surface area (Å²) in [6, 6.07) is 18.9. The van der Waals surface area contributed by atoms with Crippen molar-refractivity contribution in [3.8, 4) is 0 Å². The van der Waals surface area contributed by atoms with E-state index in [1.165, 1.54) is 24.3 Å². The quantitative estimate of drug-likeness (QED) is 0.476. The van der Waals surface area contributed by atoms with E-state index < -0.39 is 17.8 Å². The van der Waals surface area contributed by atoms with Crippen LogP contribution in [0.3, 0.4) is 0 Å². The second-order valence-corrected chi connectivity index (χ2v) is 7.38. The molecule has 0 unspecified atom stereocenters. The molecule has 1 aliphatic heterocycles. The van der Waals surface area contributed by atoms with E-state index in [2.05, 4.69) is 5.32 Å². The van der Waals surface area contributed by atoms with Gasteiger partial charge in [0, 0.05) is 11.4 Å². The van der Waals surface area contributed by atoms with Crippen molar-refractivity contribution in [1.29, 1.82) is 0 Å². The molecule has 7 heteroatoms. The van der Waals surface area contributed by atoms with Crippen LogP contribution in [-0.4, -0.2) is 17.8 Å². The van der Waals surface area contributed by atoms with Crippen molar-refractivity contribution in [1.82, 2.24) is 5.32 Å². The van der Waals surface area contributed by atoms with Gasteiger partial charge in [0.25, 0.3) is 11.8 Å². The lowest BCUT2D eigenvalue weighted by Gasteiger charge is -2.26. The van der Waals surface area contributed by atoms with Gasteiger partial charge in [0.15, 0.2) is 0 Å². The van der Waals surface area contributed by atoms with Gasteiger partial charge >= 0.3 is 6.03 Å². The fourth-order valence-electron chi connectivity index (χ4n) is 3.24. The number of nitrogens with zero attached hydrogens (tertiary/aromatic N) is 1. The van der Waals surface area contributed by atoms with Crippen LogP contribution in [0.4, 0.5) is 14.9 Å². The molecule has 4 rings (SSSR count). The maximum Gasteiger partial charge on any atom is 0.335 e. The van der Waals surface area contributed by atoms with Crippen molar-refractivity contribution in [3.63, 3.8) is 0 Å². The molecule has 1 N–H and O–H groups in total. The van der Waals surface area contributed by atoms with Gasteiger partial charge in [0.05, 0.1) is 5.69 Å². The van der Waals surface area contributed by atoms with Gasteiger partial charge in [-0.05, 0) is 53.1 Å². The number of halogens is 2. The number of urea groups is 1. The van der Waals surface area contributed by atoms with E-state index >= 15 is 0 Å². The van der Waals surface area contributed by atoms with Gasteiger partial charge in [0.1, 0.15) is 11.4 Å². The first-order valence-electron chi connectivity index (χ1n) is 9.42. The van der Waals surface area contributed by atoms with Crippen molar-refractivity contribution in [2.75, 3.05) is 4.90 Å². The molecule has 154 valence electrons. The third-order valence-electron chi connectivity index (χ3n) is 4.83. The molecule has 0 spiro atoms. The number of anilines is 1. The van der Waals surface area contributed by atoms with Crippen molar-refractivity contribution < 1.29 is 18.8 Å². The van der Waals surface area contributed by atoms with Crippen LogP contribution in [-0.2, 0) is 16.0 Å². The highest BCUT2D eigenvalue weighted by Gasteiger charge is 2.36. The first kappa shape index (κ1) is 20.5. The summed E-state index contributed by atoms with van der Waals surface area (Å²) in [6.07, 6.45) is 1.84. The maximum absolute atomic E-state index is 13.8. The SMILES string of the molecule is O=C1NC(=O)N(c2ccc(Cl)cc2)C(=O)/C1=C/c1ccc(Cc2ccccc2F)cc1. The summed E-state index contributed by atoms with van der Waals surface area (Å²) in [6.45, 7) is 0. The van der Waals surface area contributed by atoms with Gasteiger partial charge < -0.3 is 0 Å². The van der Waals surface area contributed by atoms with Gasteiger partial charge in [0.2, 0.25) is 0 Å². The highest BCUT2D eigenvalue weighted by Crippen LogP contribution is 2.24. The predicted molar refractivity (Wildman–Crippen MR) is 116 cm³/mol. The van der Waals surface area contributed by atoms with E-state index in [9.17, 15) is 18.8 Å². The average Bonchev–Trinajstić information content (AvgIpc) is 2.75. The molecule has 31 heavy (non-hydrogen) atoms. The number of carbonyl (C=O) groups is 3. The summed E-state index contributed by atoms with van der Waals surface area (Å²) in [5.41, 5.74) is 2.18. The minimum atomic E-state index is -0.824. The zero-order valence-electron chi connectivity index (χ0n) is 16.1. The summed E-state index contributed by atoms with van der Waals surface area (Å²) in [7, 11) is 0. The summed E-state index contributed by atoms with van der Waals surface area (Å²) in [4.78, 5) is 38.3. The summed E-state index contributed by atoms with van der Waals surface area (Å²) < 4.78 is 13.8. The second-order valence-electron chi connectivity index (χ2n) is 6.94. The lowest BCUT2D eigenvalue weighted by atomic mass is 10.0.